The highest BCUT2D eigenvalue weighted by Crippen LogP contribution is 2.24. The van der Waals surface area contributed by atoms with Crippen LogP contribution < -0.4 is 11.1 Å². The zero-order valence-corrected chi connectivity index (χ0v) is 12.6. The SMILES string of the molecule is NCC1(NCCCO)CCCCCCCCCCC1. The molecule has 114 valence electrons. The smallest absolute Gasteiger partial charge is 0.0443 e. The van der Waals surface area contributed by atoms with Gasteiger partial charge in [0.2, 0.25) is 0 Å². The van der Waals surface area contributed by atoms with Crippen LogP contribution in [-0.2, 0) is 0 Å². The Morgan fingerprint density at radius 1 is 0.842 bits per heavy atom. The summed E-state index contributed by atoms with van der Waals surface area (Å²) in [6.45, 7) is 1.90. The van der Waals surface area contributed by atoms with Crippen LogP contribution in [0.3, 0.4) is 0 Å². The molecule has 0 unspecified atom stereocenters. The molecule has 1 fully saturated rings. The van der Waals surface area contributed by atoms with Crippen LogP contribution in [0, 0.1) is 0 Å². The number of nitrogens with one attached hydrogen (secondary N) is 1. The fraction of sp³-hybridized carbons (Fsp3) is 1.00. The number of nitrogens with two attached hydrogens (primary N) is 1. The molecule has 0 radical (unpaired) electrons. The average molecular weight is 270 g/mol. The molecule has 0 aromatic rings. The van der Waals surface area contributed by atoms with Crippen molar-refractivity contribution in [3.05, 3.63) is 0 Å². The van der Waals surface area contributed by atoms with Crippen molar-refractivity contribution in [2.24, 2.45) is 5.73 Å². The number of aliphatic hydroxyl groups excluding tert-OH is 1. The minimum Gasteiger partial charge on any atom is -0.396 e. The molecular formula is C16H34N2O. The Morgan fingerprint density at radius 2 is 1.32 bits per heavy atom. The van der Waals surface area contributed by atoms with Crippen molar-refractivity contribution in [2.75, 3.05) is 19.7 Å². The van der Waals surface area contributed by atoms with Crippen molar-refractivity contribution in [3.63, 3.8) is 0 Å². The zero-order valence-electron chi connectivity index (χ0n) is 12.6. The normalized spacial score (nSPS) is 22.4. The zero-order chi connectivity index (χ0) is 13.8. The molecular weight excluding hydrogens is 236 g/mol. The average Bonchev–Trinajstić information content (AvgIpc) is 2.42. The predicted molar refractivity (Wildman–Crippen MR) is 82.3 cm³/mol. The largest absolute Gasteiger partial charge is 0.396 e. The van der Waals surface area contributed by atoms with Gasteiger partial charge in [0, 0.05) is 18.7 Å². The fourth-order valence-electron chi connectivity index (χ4n) is 3.17. The maximum absolute atomic E-state index is 8.93. The minimum absolute atomic E-state index is 0.133. The molecule has 0 aliphatic heterocycles. The molecule has 19 heavy (non-hydrogen) atoms. The summed E-state index contributed by atoms with van der Waals surface area (Å²) >= 11 is 0. The van der Waals surface area contributed by atoms with Gasteiger partial charge in [-0.15, -0.1) is 0 Å². The minimum atomic E-state index is 0.133. The van der Waals surface area contributed by atoms with Crippen molar-refractivity contribution in [3.8, 4) is 0 Å². The van der Waals surface area contributed by atoms with E-state index in [1.807, 2.05) is 0 Å². The van der Waals surface area contributed by atoms with Gasteiger partial charge in [-0.3, -0.25) is 0 Å². The first-order valence-corrected chi connectivity index (χ1v) is 8.39. The number of hydrogen-bond acceptors (Lipinski definition) is 3. The number of aliphatic hydroxyl groups is 1. The quantitative estimate of drug-likeness (QED) is 0.673. The van der Waals surface area contributed by atoms with Crippen molar-refractivity contribution in [2.45, 2.75) is 82.6 Å². The van der Waals surface area contributed by atoms with E-state index in [-0.39, 0.29) is 12.1 Å². The Balaban J connectivity index is 2.45. The second-order valence-corrected chi connectivity index (χ2v) is 6.17. The summed E-state index contributed by atoms with van der Waals surface area (Å²) in [4.78, 5) is 0. The summed E-state index contributed by atoms with van der Waals surface area (Å²) in [5.74, 6) is 0. The standard InChI is InChI=1S/C16H34N2O/c17-15-16(18-13-10-14-19)11-8-6-4-2-1-3-5-7-9-12-16/h18-19H,1-15,17H2. The van der Waals surface area contributed by atoms with Gasteiger partial charge in [-0.05, 0) is 25.8 Å². The summed E-state index contributed by atoms with van der Waals surface area (Å²) < 4.78 is 0. The van der Waals surface area contributed by atoms with Gasteiger partial charge in [-0.25, -0.2) is 0 Å². The summed E-state index contributed by atoms with van der Waals surface area (Å²) in [5, 5.41) is 12.6. The second kappa shape index (κ2) is 10.6. The molecule has 3 nitrogen and oxygen atoms in total. The Hall–Kier alpha value is -0.120. The lowest BCUT2D eigenvalue weighted by Crippen LogP contribution is -2.51. The van der Waals surface area contributed by atoms with Gasteiger partial charge in [0.05, 0.1) is 0 Å². The van der Waals surface area contributed by atoms with E-state index < -0.39 is 0 Å². The molecule has 1 rings (SSSR count). The predicted octanol–water partition coefficient (Wildman–Crippen LogP) is 2.96. The van der Waals surface area contributed by atoms with Gasteiger partial charge >= 0.3 is 0 Å². The Morgan fingerprint density at radius 3 is 1.74 bits per heavy atom. The van der Waals surface area contributed by atoms with E-state index in [0.717, 1.165) is 19.5 Å². The molecule has 0 aromatic heterocycles. The second-order valence-electron chi connectivity index (χ2n) is 6.17. The summed E-state index contributed by atoms with van der Waals surface area (Å²) in [7, 11) is 0. The van der Waals surface area contributed by atoms with Crippen molar-refractivity contribution < 1.29 is 5.11 Å². The van der Waals surface area contributed by atoms with E-state index in [0.29, 0.717) is 0 Å². The lowest BCUT2D eigenvalue weighted by molar-refractivity contribution is 0.242. The lowest BCUT2D eigenvalue weighted by Gasteiger charge is -2.34. The topological polar surface area (TPSA) is 58.3 Å². The van der Waals surface area contributed by atoms with Gasteiger partial charge in [0.1, 0.15) is 0 Å². The van der Waals surface area contributed by atoms with Crippen molar-refractivity contribution in [1.82, 2.24) is 5.32 Å². The third kappa shape index (κ3) is 7.28. The third-order valence-corrected chi connectivity index (χ3v) is 4.54. The first kappa shape index (κ1) is 16.9. The highest BCUT2D eigenvalue weighted by Gasteiger charge is 2.26. The molecule has 4 N–H and O–H groups in total. The molecule has 0 bridgehead atoms. The van der Waals surface area contributed by atoms with Gasteiger partial charge in [-0.2, -0.15) is 0 Å². The van der Waals surface area contributed by atoms with Crippen LogP contribution >= 0.6 is 0 Å². The van der Waals surface area contributed by atoms with E-state index in [4.69, 9.17) is 10.8 Å². The highest BCUT2D eigenvalue weighted by molar-refractivity contribution is 4.89. The first-order valence-electron chi connectivity index (χ1n) is 8.39. The molecule has 0 heterocycles. The van der Waals surface area contributed by atoms with Crippen molar-refractivity contribution >= 4 is 0 Å². The van der Waals surface area contributed by atoms with Crippen LogP contribution in [0.1, 0.15) is 77.0 Å². The molecule has 3 heteroatoms. The van der Waals surface area contributed by atoms with Crippen LogP contribution in [0.5, 0.6) is 0 Å². The third-order valence-electron chi connectivity index (χ3n) is 4.54. The maximum Gasteiger partial charge on any atom is 0.0443 e. The highest BCUT2D eigenvalue weighted by atomic mass is 16.3. The molecule has 1 saturated carbocycles. The van der Waals surface area contributed by atoms with Crippen LogP contribution in [0.2, 0.25) is 0 Å². The van der Waals surface area contributed by atoms with E-state index in [1.165, 1.54) is 70.6 Å². The maximum atomic E-state index is 8.93. The summed E-state index contributed by atoms with van der Waals surface area (Å²) in [6, 6.07) is 0. The summed E-state index contributed by atoms with van der Waals surface area (Å²) in [6.07, 6.45) is 15.6. The number of hydrogen-bond donors (Lipinski definition) is 3. The van der Waals surface area contributed by atoms with E-state index >= 15 is 0 Å². The molecule has 1 aliphatic carbocycles. The van der Waals surface area contributed by atoms with Gasteiger partial charge in [0.15, 0.2) is 0 Å². The van der Waals surface area contributed by atoms with E-state index in [2.05, 4.69) is 5.32 Å². The first-order chi connectivity index (χ1) is 9.33. The van der Waals surface area contributed by atoms with Crippen LogP contribution in [0.15, 0.2) is 0 Å². The Labute approximate surface area is 119 Å². The lowest BCUT2D eigenvalue weighted by atomic mass is 9.85. The Bertz CT molecular complexity index is 197. The molecule has 0 atom stereocenters. The van der Waals surface area contributed by atoms with Crippen LogP contribution in [-0.4, -0.2) is 30.3 Å². The number of rotatable bonds is 5. The fourth-order valence-corrected chi connectivity index (χ4v) is 3.17. The monoisotopic (exact) mass is 270 g/mol. The molecule has 0 spiro atoms. The Kier molecular flexibility index (Phi) is 9.48. The van der Waals surface area contributed by atoms with Crippen molar-refractivity contribution in [1.29, 1.82) is 0 Å². The van der Waals surface area contributed by atoms with Gasteiger partial charge in [-0.1, -0.05) is 57.8 Å². The summed E-state index contributed by atoms with van der Waals surface area (Å²) in [5.41, 5.74) is 6.21. The van der Waals surface area contributed by atoms with Gasteiger partial charge in [0.25, 0.3) is 0 Å². The molecule has 0 saturated heterocycles. The van der Waals surface area contributed by atoms with Gasteiger partial charge < -0.3 is 16.2 Å². The molecule has 0 aromatic carbocycles. The molecule has 0 amide bonds. The van der Waals surface area contributed by atoms with Crippen LogP contribution in [0.25, 0.3) is 0 Å². The molecule has 1 aliphatic rings. The van der Waals surface area contributed by atoms with E-state index in [9.17, 15) is 0 Å². The van der Waals surface area contributed by atoms with Crippen LogP contribution in [0.4, 0.5) is 0 Å². The van der Waals surface area contributed by atoms with E-state index in [1.54, 1.807) is 0 Å².